The highest BCUT2D eigenvalue weighted by Crippen LogP contribution is 2.52. The fourth-order valence-corrected chi connectivity index (χ4v) is 7.63. The zero-order valence-electron chi connectivity index (χ0n) is 24.0. The predicted molar refractivity (Wildman–Crippen MR) is 177 cm³/mol. The Labute approximate surface area is 241 Å². The molecule has 0 saturated heterocycles. The SMILES string of the molecule is Cc1cc(C)cc(-c2c3ccccc3c(-c3ccc4c5c(cccc35)C(C)(C)c3ccccc3-4)c3ccccc23)c1. The van der Waals surface area contributed by atoms with E-state index in [0.717, 1.165) is 0 Å². The quantitative estimate of drug-likeness (QED) is 0.197. The number of aryl methyl sites for hydroxylation is 2. The van der Waals surface area contributed by atoms with Crippen molar-refractivity contribution in [1.82, 2.24) is 0 Å². The van der Waals surface area contributed by atoms with Crippen molar-refractivity contribution in [1.29, 1.82) is 0 Å². The van der Waals surface area contributed by atoms with E-state index in [-0.39, 0.29) is 5.41 Å². The molecule has 0 nitrogen and oxygen atoms in total. The summed E-state index contributed by atoms with van der Waals surface area (Å²) in [6.45, 7) is 9.15. The smallest absolute Gasteiger partial charge is 0.0159 e. The Kier molecular flexibility index (Phi) is 5.10. The summed E-state index contributed by atoms with van der Waals surface area (Å²) in [6, 6.07) is 45.6. The Morgan fingerprint density at radius 1 is 0.415 bits per heavy atom. The Bertz CT molecular complexity index is 2110. The molecule has 7 aromatic rings. The van der Waals surface area contributed by atoms with E-state index in [4.69, 9.17) is 0 Å². The summed E-state index contributed by atoms with van der Waals surface area (Å²) < 4.78 is 0. The van der Waals surface area contributed by atoms with Crippen LogP contribution >= 0.6 is 0 Å². The minimum Gasteiger partial charge on any atom is -0.0619 e. The standard InChI is InChI=1S/C41H32/c1-25-22-26(2)24-27(23-25)38-29-13-5-7-15-31(29)39(32-16-8-6-14-30(32)38)35-21-20-34-28-12-9-10-18-36(28)41(3,4)37-19-11-17-33(35)40(34)37/h5-24H,1-4H3. The summed E-state index contributed by atoms with van der Waals surface area (Å²) in [6.07, 6.45) is 0. The summed E-state index contributed by atoms with van der Waals surface area (Å²) in [7, 11) is 0. The van der Waals surface area contributed by atoms with E-state index < -0.39 is 0 Å². The average molecular weight is 525 g/mol. The van der Waals surface area contributed by atoms with E-state index >= 15 is 0 Å². The maximum atomic E-state index is 2.38. The van der Waals surface area contributed by atoms with Crippen molar-refractivity contribution >= 4 is 32.3 Å². The van der Waals surface area contributed by atoms with Crippen molar-refractivity contribution in [2.24, 2.45) is 0 Å². The zero-order chi connectivity index (χ0) is 27.9. The minimum atomic E-state index is -0.0707. The minimum absolute atomic E-state index is 0.0707. The lowest BCUT2D eigenvalue weighted by atomic mass is 9.68. The van der Waals surface area contributed by atoms with Gasteiger partial charge in [0.15, 0.2) is 0 Å². The highest BCUT2D eigenvalue weighted by Gasteiger charge is 2.33. The van der Waals surface area contributed by atoms with Crippen LogP contribution < -0.4 is 0 Å². The maximum Gasteiger partial charge on any atom is 0.0159 e. The monoisotopic (exact) mass is 524 g/mol. The van der Waals surface area contributed by atoms with E-state index in [2.05, 4.69) is 149 Å². The van der Waals surface area contributed by atoms with E-state index in [0.29, 0.717) is 0 Å². The predicted octanol–water partition coefficient (Wildman–Crippen LogP) is 11.4. The third kappa shape index (κ3) is 3.40. The number of benzene rings is 7. The molecule has 0 unspecified atom stereocenters. The summed E-state index contributed by atoms with van der Waals surface area (Å²) in [5.41, 5.74) is 13.3. The fraction of sp³-hybridized carbons (Fsp3) is 0.122. The highest BCUT2D eigenvalue weighted by atomic mass is 14.4. The fourth-order valence-electron chi connectivity index (χ4n) is 7.63. The molecule has 1 aliphatic rings. The molecule has 7 aromatic carbocycles. The van der Waals surface area contributed by atoms with Gasteiger partial charge < -0.3 is 0 Å². The number of fused-ring (bicyclic) bond motifs is 4. The second kappa shape index (κ2) is 8.66. The van der Waals surface area contributed by atoms with Crippen LogP contribution in [-0.2, 0) is 5.41 Å². The van der Waals surface area contributed by atoms with Crippen molar-refractivity contribution in [3.05, 3.63) is 144 Å². The van der Waals surface area contributed by atoms with E-state index in [9.17, 15) is 0 Å². The molecule has 0 aromatic heterocycles. The second-order valence-electron chi connectivity index (χ2n) is 12.3. The molecule has 0 aliphatic heterocycles. The van der Waals surface area contributed by atoms with Crippen LogP contribution in [0.25, 0.3) is 65.7 Å². The summed E-state index contributed by atoms with van der Waals surface area (Å²) >= 11 is 0. The van der Waals surface area contributed by atoms with Crippen molar-refractivity contribution in [2.75, 3.05) is 0 Å². The zero-order valence-corrected chi connectivity index (χ0v) is 24.0. The molecule has 0 fully saturated rings. The molecule has 0 heterocycles. The van der Waals surface area contributed by atoms with Crippen LogP contribution in [0, 0.1) is 13.8 Å². The summed E-state index contributed by atoms with van der Waals surface area (Å²) in [4.78, 5) is 0. The molecule has 0 amide bonds. The summed E-state index contributed by atoms with van der Waals surface area (Å²) in [5, 5.41) is 7.93. The molecule has 0 saturated carbocycles. The van der Waals surface area contributed by atoms with E-state index in [1.165, 1.54) is 88.0 Å². The molecule has 0 spiro atoms. The summed E-state index contributed by atoms with van der Waals surface area (Å²) in [5.74, 6) is 0. The first-order valence-corrected chi connectivity index (χ1v) is 14.6. The molecule has 196 valence electrons. The van der Waals surface area contributed by atoms with Gasteiger partial charge in [0.2, 0.25) is 0 Å². The van der Waals surface area contributed by atoms with Crippen molar-refractivity contribution in [3.8, 4) is 33.4 Å². The van der Waals surface area contributed by atoms with Gasteiger partial charge in [0.05, 0.1) is 0 Å². The van der Waals surface area contributed by atoms with Crippen LogP contribution in [0.1, 0.15) is 36.1 Å². The lowest BCUT2D eigenvalue weighted by molar-refractivity contribution is 0.645. The number of hydrogen-bond donors (Lipinski definition) is 0. The van der Waals surface area contributed by atoms with Gasteiger partial charge in [-0.05, 0) is 90.7 Å². The van der Waals surface area contributed by atoms with Crippen LogP contribution in [0.5, 0.6) is 0 Å². The van der Waals surface area contributed by atoms with Crippen LogP contribution in [-0.4, -0.2) is 0 Å². The first-order chi connectivity index (χ1) is 19.9. The van der Waals surface area contributed by atoms with Crippen molar-refractivity contribution < 1.29 is 0 Å². The van der Waals surface area contributed by atoms with Gasteiger partial charge in [0.25, 0.3) is 0 Å². The van der Waals surface area contributed by atoms with Crippen LogP contribution in [0.15, 0.2) is 121 Å². The molecule has 0 bridgehead atoms. The Morgan fingerprint density at radius 3 is 1.59 bits per heavy atom. The van der Waals surface area contributed by atoms with Crippen LogP contribution in [0.2, 0.25) is 0 Å². The molecular weight excluding hydrogens is 492 g/mol. The molecule has 0 N–H and O–H groups in total. The normalized spacial score (nSPS) is 13.6. The lowest BCUT2D eigenvalue weighted by Crippen LogP contribution is -2.23. The molecule has 0 atom stereocenters. The molecule has 0 heteroatoms. The highest BCUT2D eigenvalue weighted by molar-refractivity contribution is 6.24. The first-order valence-electron chi connectivity index (χ1n) is 14.6. The Hall–Kier alpha value is -4.68. The molecule has 0 radical (unpaired) electrons. The van der Waals surface area contributed by atoms with Gasteiger partial charge in [0.1, 0.15) is 0 Å². The van der Waals surface area contributed by atoms with Crippen molar-refractivity contribution in [3.63, 3.8) is 0 Å². The molecule has 8 rings (SSSR count). The number of rotatable bonds is 2. The van der Waals surface area contributed by atoms with E-state index in [1.807, 2.05) is 0 Å². The van der Waals surface area contributed by atoms with Gasteiger partial charge in [0, 0.05) is 5.41 Å². The lowest BCUT2D eigenvalue weighted by Gasteiger charge is -2.35. The van der Waals surface area contributed by atoms with Gasteiger partial charge in [-0.3, -0.25) is 0 Å². The van der Waals surface area contributed by atoms with Gasteiger partial charge >= 0.3 is 0 Å². The third-order valence-corrected chi connectivity index (χ3v) is 9.32. The van der Waals surface area contributed by atoms with Gasteiger partial charge in [-0.15, -0.1) is 0 Å². The van der Waals surface area contributed by atoms with E-state index in [1.54, 1.807) is 0 Å². The maximum absolute atomic E-state index is 2.38. The Balaban J connectivity index is 1.53. The Morgan fingerprint density at radius 2 is 0.927 bits per heavy atom. The number of hydrogen-bond acceptors (Lipinski definition) is 0. The molecule has 1 aliphatic carbocycles. The van der Waals surface area contributed by atoms with Crippen LogP contribution in [0.3, 0.4) is 0 Å². The second-order valence-corrected chi connectivity index (χ2v) is 12.3. The van der Waals surface area contributed by atoms with Crippen LogP contribution in [0.4, 0.5) is 0 Å². The van der Waals surface area contributed by atoms with Gasteiger partial charge in [-0.25, -0.2) is 0 Å². The first kappa shape index (κ1) is 24.1. The third-order valence-electron chi connectivity index (χ3n) is 9.32. The average Bonchev–Trinajstić information content (AvgIpc) is 2.98. The molecule has 41 heavy (non-hydrogen) atoms. The van der Waals surface area contributed by atoms with Gasteiger partial charge in [-0.1, -0.05) is 146 Å². The topological polar surface area (TPSA) is 0 Å². The molecular formula is C41H32. The largest absolute Gasteiger partial charge is 0.0619 e. The van der Waals surface area contributed by atoms with Crippen molar-refractivity contribution in [2.45, 2.75) is 33.1 Å². The van der Waals surface area contributed by atoms with Gasteiger partial charge in [-0.2, -0.15) is 0 Å².